The number of nitrogens with one attached hydrogen (secondary N) is 1. The Bertz CT molecular complexity index is 526. The van der Waals surface area contributed by atoms with Crippen molar-refractivity contribution in [3.05, 3.63) is 35.4 Å². The van der Waals surface area contributed by atoms with Crippen LogP contribution in [0.1, 0.15) is 23.7 Å². The van der Waals surface area contributed by atoms with E-state index in [-0.39, 0.29) is 17.7 Å². The number of methoxy groups -OCH3 is 1. The highest BCUT2D eigenvalue weighted by Gasteiger charge is 2.42. The Kier molecular flexibility index (Phi) is 3.97. The summed E-state index contributed by atoms with van der Waals surface area (Å²) in [6.45, 7) is 4.24. The van der Waals surface area contributed by atoms with Crippen molar-refractivity contribution < 1.29 is 14.3 Å². The topological polar surface area (TPSA) is 50.8 Å². The second-order valence-corrected chi connectivity index (χ2v) is 5.91. The molecule has 2 atom stereocenters. The molecule has 21 heavy (non-hydrogen) atoms. The lowest BCUT2D eigenvalue weighted by Gasteiger charge is -2.34. The van der Waals surface area contributed by atoms with Crippen LogP contribution in [0, 0.1) is 6.92 Å². The number of benzene rings is 1. The van der Waals surface area contributed by atoms with Crippen LogP contribution < -0.4 is 5.32 Å². The van der Waals surface area contributed by atoms with Crippen molar-refractivity contribution in [1.82, 2.24) is 10.2 Å². The zero-order chi connectivity index (χ0) is 14.9. The van der Waals surface area contributed by atoms with Gasteiger partial charge in [-0.05, 0) is 12.5 Å². The molecule has 1 aromatic rings. The molecule has 2 unspecified atom stereocenters. The fraction of sp³-hybridized carbons (Fsp3) is 0.562. The predicted molar refractivity (Wildman–Crippen MR) is 78.8 cm³/mol. The highest BCUT2D eigenvalue weighted by Crippen LogP contribution is 2.30. The second-order valence-electron chi connectivity index (χ2n) is 5.91. The minimum Gasteiger partial charge on any atom is -0.378 e. The molecular weight excluding hydrogens is 268 g/mol. The molecule has 0 bridgehead atoms. The molecule has 0 aliphatic carbocycles. The Morgan fingerprint density at radius 3 is 3.05 bits per heavy atom. The van der Waals surface area contributed by atoms with Gasteiger partial charge < -0.3 is 14.4 Å². The average Bonchev–Trinajstić information content (AvgIpc) is 3.08. The molecule has 0 aromatic heterocycles. The smallest absolute Gasteiger partial charge is 0.238 e. The highest BCUT2D eigenvalue weighted by molar-refractivity contribution is 5.81. The molecule has 1 amide bonds. The minimum atomic E-state index is -0.371. The monoisotopic (exact) mass is 290 g/mol. The minimum absolute atomic E-state index is 0.0787. The number of ether oxygens (including phenoxy) is 2. The van der Waals surface area contributed by atoms with Crippen LogP contribution in [-0.4, -0.2) is 49.8 Å². The van der Waals surface area contributed by atoms with Crippen LogP contribution in [0.3, 0.4) is 0 Å². The Hall–Kier alpha value is -1.43. The van der Waals surface area contributed by atoms with Gasteiger partial charge in [-0.2, -0.15) is 0 Å². The molecule has 2 aliphatic heterocycles. The van der Waals surface area contributed by atoms with Gasteiger partial charge in [-0.25, -0.2) is 0 Å². The third-order valence-electron chi connectivity index (χ3n) is 4.40. The van der Waals surface area contributed by atoms with E-state index in [0.29, 0.717) is 26.3 Å². The van der Waals surface area contributed by atoms with E-state index in [1.165, 1.54) is 5.56 Å². The quantitative estimate of drug-likeness (QED) is 0.906. The van der Waals surface area contributed by atoms with Crippen LogP contribution in [0.15, 0.2) is 24.3 Å². The number of carbonyl (C=O) groups excluding carboxylic acids is 1. The summed E-state index contributed by atoms with van der Waals surface area (Å²) in [5.41, 5.74) is 1.94. The van der Waals surface area contributed by atoms with E-state index in [2.05, 4.69) is 30.4 Å². The molecule has 2 heterocycles. The maximum Gasteiger partial charge on any atom is 0.238 e. The zero-order valence-electron chi connectivity index (χ0n) is 12.6. The predicted octanol–water partition coefficient (Wildman–Crippen LogP) is 1.23. The van der Waals surface area contributed by atoms with Gasteiger partial charge in [-0.3, -0.25) is 10.1 Å². The number of aryl methyl sites for hydroxylation is 1. The van der Waals surface area contributed by atoms with Crippen LogP contribution >= 0.6 is 0 Å². The van der Waals surface area contributed by atoms with Gasteiger partial charge in [0, 0.05) is 20.1 Å². The standard InChI is InChI=1S/C16H22N2O3/c1-12-4-3-5-13(8-12)15-17-9-14(19)18(15)10-16(20-2)6-7-21-11-16/h3-5,8,15,17H,6-7,9-11H2,1-2H3. The highest BCUT2D eigenvalue weighted by atomic mass is 16.5. The van der Waals surface area contributed by atoms with Gasteiger partial charge in [0.2, 0.25) is 5.91 Å². The summed E-state index contributed by atoms with van der Waals surface area (Å²) < 4.78 is 11.1. The Morgan fingerprint density at radius 2 is 2.38 bits per heavy atom. The summed E-state index contributed by atoms with van der Waals surface area (Å²) in [4.78, 5) is 14.1. The van der Waals surface area contributed by atoms with Crippen molar-refractivity contribution in [2.75, 3.05) is 33.4 Å². The first-order valence-corrected chi connectivity index (χ1v) is 7.36. The van der Waals surface area contributed by atoms with Gasteiger partial charge in [0.15, 0.2) is 0 Å². The van der Waals surface area contributed by atoms with E-state index in [1.54, 1.807) is 7.11 Å². The van der Waals surface area contributed by atoms with Crippen molar-refractivity contribution in [2.45, 2.75) is 25.1 Å². The summed E-state index contributed by atoms with van der Waals surface area (Å²) >= 11 is 0. The fourth-order valence-corrected chi connectivity index (χ4v) is 3.11. The largest absolute Gasteiger partial charge is 0.378 e. The third kappa shape index (κ3) is 2.81. The number of nitrogens with zero attached hydrogens (tertiary/aromatic N) is 1. The second kappa shape index (κ2) is 5.75. The van der Waals surface area contributed by atoms with Crippen molar-refractivity contribution in [2.24, 2.45) is 0 Å². The Balaban J connectivity index is 1.83. The Labute approximate surface area is 125 Å². The first-order valence-electron chi connectivity index (χ1n) is 7.36. The molecule has 1 N–H and O–H groups in total. The van der Waals surface area contributed by atoms with Crippen LogP contribution in [-0.2, 0) is 14.3 Å². The van der Waals surface area contributed by atoms with Gasteiger partial charge in [-0.1, -0.05) is 29.8 Å². The van der Waals surface area contributed by atoms with Crippen LogP contribution in [0.5, 0.6) is 0 Å². The Morgan fingerprint density at radius 1 is 1.52 bits per heavy atom. The number of amides is 1. The molecule has 2 fully saturated rings. The van der Waals surface area contributed by atoms with E-state index < -0.39 is 0 Å². The average molecular weight is 290 g/mol. The van der Waals surface area contributed by atoms with Gasteiger partial charge >= 0.3 is 0 Å². The van der Waals surface area contributed by atoms with E-state index in [9.17, 15) is 4.79 Å². The van der Waals surface area contributed by atoms with Crippen molar-refractivity contribution >= 4 is 5.91 Å². The van der Waals surface area contributed by atoms with E-state index in [4.69, 9.17) is 9.47 Å². The van der Waals surface area contributed by atoms with E-state index >= 15 is 0 Å². The molecule has 5 nitrogen and oxygen atoms in total. The number of rotatable bonds is 4. The first-order chi connectivity index (χ1) is 10.1. The number of hydrogen-bond acceptors (Lipinski definition) is 4. The molecule has 2 saturated heterocycles. The molecule has 2 aliphatic rings. The molecular formula is C16H22N2O3. The van der Waals surface area contributed by atoms with E-state index in [1.807, 2.05) is 11.0 Å². The molecule has 0 spiro atoms. The summed E-state index contributed by atoms with van der Waals surface area (Å²) in [6, 6.07) is 8.26. The summed E-state index contributed by atoms with van der Waals surface area (Å²) in [6.07, 6.45) is 0.749. The van der Waals surface area contributed by atoms with E-state index in [0.717, 1.165) is 12.0 Å². The SMILES string of the molecule is COC1(CN2C(=O)CNC2c2cccc(C)c2)CCOC1. The summed E-state index contributed by atoms with van der Waals surface area (Å²) in [7, 11) is 1.70. The molecule has 1 aromatic carbocycles. The van der Waals surface area contributed by atoms with Gasteiger partial charge in [0.25, 0.3) is 0 Å². The van der Waals surface area contributed by atoms with Crippen LogP contribution in [0.4, 0.5) is 0 Å². The lowest BCUT2D eigenvalue weighted by Crippen LogP contribution is -2.47. The van der Waals surface area contributed by atoms with Gasteiger partial charge in [-0.15, -0.1) is 0 Å². The zero-order valence-corrected chi connectivity index (χ0v) is 12.6. The first kappa shape index (κ1) is 14.5. The maximum atomic E-state index is 12.3. The van der Waals surface area contributed by atoms with Gasteiger partial charge in [0.1, 0.15) is 11.8 Å². The van der Waals surface area contributed by atoms with Crippen molar-refractivity contribution in [3.8, 4) is 0 Å². The third-order valence-corrected chi connectivity index (χ3v) is 4.40. The molecule has 0 radical (unpaired) electrons. The number of carbonyl (C=O) groups is 1. The summed E-state index contributed by atoms with van der Waals surface area (Å²) in [5.74, 6) is 0.116. The van der Waals surface area contributed by atoms with Gasteiger partial charge in [0.05, 0.1) is 19.7 Å². The normalized spacial score (nSPS) is 29.3. The van der Waals surface area contributed by atoms with Crippen molar-refractivity contribution in [1.29, 1.82) is 0 Å². The molecule has 114 valence electrons. The molecule has 0 saturated carbocycles. The molecule has 5 heteroatoms. The van der Waals surface area contributed by atoms with Crippen LogP contribution in [0.2, 0.25) is 0 Å². The number of hydrogen-bond donors (Lipinski definition) is 1. The lowest BCUT2D eigenvalue weighted by atomic mass is 10.0. The fourth-order valence-electron chi connectivity index (χ4n) is 3.11. The van der Waals surface area contributed by atoms with Crippen LogP contribution in [0.25, 0.3) is 0 Å². The maximum absolute atomic E-state index is 12.3. The molecule has 3 rings (SSSR count). The van der Waals surface area contributed by atoms with Crippen molar-refractivity contribution in [3.63, 3.8) is 0 Å². The lowest BCUT2D eigenvalue weighted by molar-refractivity contribution is -0.133. The summed E-state index contributed by atoms with van der Waals surface area (Å²) in [5, 5.41) is 3.30.